The molecule has 0 unspecified atom stereocenters. The zero-order chi connectivity index (χ0) is 17.7. The Labute approximate surface area is 146 Å². The van der Waals surface area contributed by atoms with Gasteiger partial charge in [-0.05, 0) is 33.1 Å². The summed E-state index contributed by atoms with van der Waals surface area (Å²) in [7, 11) is 0. The molecule has 1 atom stereocenters. The van der Waals surface area contributed by atoms with Gasteiger partial charge in [0.1, 0.15) is 11.6 Å². The van der Waals surface area contributed by atoms with Crippen LogP contribution in [0.1, 0.15) is 51.6 Å². The molecule has 0 spiro atoms. The molecule has 1 aliphatic heterocycles. The number of hydrogen-bond donors (Lipinski definition) is 1. The third-order valence-electron chi connectivity index (χ3n) is 4.56. The standard InChI is InChI=1S/C19H32N4O/c1-14(2)6-8-22-9-10-23(13-17(22)7-11-24)19-12-18(15(3)4)20-16(5)21-19/h6,12,15,17,24H,7-11,13H2,1-5H3/t17-/m1/s1. The molecule has 1 aliphatic rings. The summed E-state index contributed by atoms with van der Waals surface area (Å²) in [6, 6.07) is 2.48. The molecule has 1 N–H and O–H groups in total. The maximum atomic E-state index is 9.45. The third-order valence-corrected chi connectivity index (χ3v) is 4.56. The molecule has 24 heavy (non-hydrogen) atoms. The molecule has 0 aliphatic carbocycles. The number of aliphatic hydroxyl groups is 1. The Kier molecular flexibility index (Phi) is 6.75. The zero-order valence-electron chi connectivity index (χ0n) is 15.8. The molecule has 1 saturated heterocycles. The highest BCUT2D eigenvalue weighted by Gasteiger charge is 2.27. The molecule has 5 heteroatoms. The van der Waals surface area contributed by atoms with Gasteiger partial charge in [0.05, 0.1) is 0 Å². The number of anilines is 1. The van der Waals surface area contributed by atoms with Crippen molar-refractivity contribution >= 4 is 5.82 Å². The van der Waals surface area contributed by atoms with E-state index < -0.39 is 0 Å². The highest BCUT2D eigenvalue weighted by atomic mass is 16.3. The van der Waals surface area contributed by atoms with E-state index in [1.165, 1.54) is 5.57 Å². The Hall–Kier alpha value is -1.46. The first-order valence-electron chi connectivity index (χ1n) is 8.99. The Balaban J connectivity index is 2.15. The first-order valence-corrected chi connectivity index (χ1v) is 8.99. The topological polar surface area (TPSA) is 52.5 Å². The monoisotopic (exact) mass is 332 g/mol. The molecular weight excluding hydrogens is 300 g/mol. The highest BCUT2D eigenvalue weighted by Crippen LogP contribution is 2.22. The van der Waals surface area contributed by atoms with Crippen molar-refractivity contribution in [3.63, 3.8) is 0 Å². The van der Waals surface area contributed by atoms with Gasteiger partial charge in [-0.1, -0.05) is 25.5 Å². The number of aromatic nitrogens is 2. The van der Waals surface area contributed by atoms with E-state index in [9.17, 15) is 5.11 Å². The van der Waals surface area contributed by atoms with Crippen molar-refractivity contribution < 1.29 is 5.11 Å². The maximum Gasteiger partial charge on any atom is 0.132 e. The molecule has 0 radical (unpaired) electrons. The van der Waals surface area contributed by atoms with E-state index in [-0.39, 0.29) is 6.61 Å². The largest absolute Gasteiger partial charge is 0.396 e. The third kappa shape index (κ3) is 5.02. The molecule has 0 saturated carbocycles. The van der Waals surface area contributed by atoms with Crippen molar-refractivity contribution in [1.82, 2.24) is 14.9 Å². The molecule has 1 aromatic rings. The van der Waals surface area contributed by atoms with Crippen LogP contribution in [0.15, 0.2) is 17.7 Å². The second-order valence-electron chi connectivity index (χ2n) is 7.24. The predicted molar refractivity (Wildman–Crippen MR) is 99.6 cm³/mol. The minimum Gasteiger partial charge on any atom is -0.396 e. The van der Waals surface area contributed by atoms with Gasteiger partial charge in [-0.25, -0.2) is 9.97 Å². The van der Waals surface area contributed by atoms with Crippen LogP contribution in [-0.4, -0.2) is 58.8 Å². The number of aliphatic hydroxyl groups excluding tert-OH is 1. The fourth-order valence-corrected chi connectivity index (χ4v) is 3.10. The van der Waals surface area contributed by atoms with E-state index in [4.69, 9.17) is 0 Å². The lowest BCUT2D eigenvalue weighted by molar-refractivity contribution is 0.155. The summed E-state index contributed by atoms with van der Waals surface area (Å²) >= 11 is 0. The number of nitrogens with zero attached hydrogens (tertiary/aromatic N) is 4. The zero-order valence-corrected chi connectivity index (χ0v) is 15.8. The molecule has 0 amide bonds. The molecule has 2 heterocycles. The summed E-state index contributed by atoms with van der Waals surface area (Å²) in [6.07, 6.45) is 3.07. The first-order chi connectivity index (χ1) is 11.4. The Morgan fingerprint density at radius 2 is 2.08 bits per heavy atom. The van der Waals surface area contributed by atoms with E-state index in [1.54, 1.807) is 0 Å². The summed E-state index contributed by atoms with van der Waals surface area (Å²) in [5.41, 5.74) is 2.44. The smallest absolute Gasteiger partial charge is 0.132 e. The second-order valence-corrected chi connectivity index (χ2v) is 7.24. The van der Waals surface area contributed by atoms with Crippen molar-refractivity contribution in [2.45, 2.75) is 53.0 Å². The van der Waals surface area contributed by atoms with Crippen molar-refractivity contribution in [2.24, 2.45) is 0 Å². The van der Waals surface area contributed by atoms with E-state index in [1.807, 2.05) is 6.92 Å². The van der Waals surface area contributed by atoms with E-state index in [0.29, 0.717) is 12.0 Å². The molecular formula is C19H32N4O. The molecule has 5 nitrogen and oxygen atoms in total. The number of rotatable bonds is 6. The Bertz CT molecular complexity index is 566. The van der Waals surface area contributed by atoms with Gasteiger partial charge in [-0.3, -0.25) is 4.90 Å². The highest BCUT2D eigenvalue weighted by molar-refractivity contribution is 5.41. The fraction of sp³-hybridized carbons (Fsp3) is 0.684. The van der Waals surface area contributed by atoms with Crippen LogP contribution < -0.4 is 4.90 Å². The van der Waals surface area contributed by atoms with Gasteiger partial charge in [0.25, 0.3) is 0 Å². The normalized spacial score (nSPS) is 19.0. The maximum absolute atomic E-state index is 9.45. The quantitative estimate of drug-likeness (QED) is 0.812. The molecule has 2 rings (SSSR count). The van der Waals surface area contributed by atoms with Crippen molar-refractivity contribution in [3.05, 3.63) is 29.2 Å². The van der Waals surface area contributed by atoms with E-state index in [0.717, 1.165) is 49.9 Å². The summed E-state index contributed by atoms with van der Waals surface area (Å²) in [5, 5.41) is 9.45. The van der Waals surface area contributed by atoms with Crippen LogP contribution in [0.25, 0.3) is 0 Å². The van der Waals surface area contributed by atoms with Crippen molar-refractivity contribution in [2.75, 3.05) is 37.7 Å². The van der Waals surface area contributed by atoms with Crippen LogP contribution in [0.3, 0.4) is 0 Å². The van der Waals surface area contributed by atoms with Gasteiger partial charge in [0, 0.05) is 50.6 Å². The molecule has 134 valence electrons. The molecule has 0 bridgehead atoms. The second kappa shape index (κ2) is 8.58. The first kappa shape index (κ1) is 18.9. The summed E-state index contributed by atoms with van der Waals surface area (Å²) in [6.45, 7) is 14.6. The lowest BCUT2D eigenvalue weighted by Gasteiger charge is -2.41. The number of hydrogen-bond acceptors (Lipinski definition) is 5. The van der Waals surface area contributed by atoms with Gasteiger partial charge in [0.2, 0.25) is 0 Å². The van der Waals surface area contributed by atoms with Crippen LogP contribution in [0.4, 0.5) is 5.82 Å². The average Bonchev–Trinajstić information content (AvgIpc) is 2.53. The number of allylic oxidation sites excluding steroid dienone is 1. The predicted octanol–water partition coefficient (Wildman–Crippen LogP) is 2.75. The van der Waals surface area contributed by atoms with Crippen LogP contribution in [0.5, 0.6) is 0 Å². The lowest BCUT2D eigenvalue weighted by atomic mass is 10.1. The van der Waals surface area contributed by atoms with Crippen LogP contribution in [0, 0.1) is 6.92 Å². The summed E-state index contributed by atoms with van der Waals surface area (Å²) in [5.74, 6) is 2.26. The molecule has 0 aromatic carbocycles. The van der Waals surface area contributed by atoms with Gasteiger partial charge in [-0.2, -0.15) is 0 Å². The van der Waals surface area contributed by atoms with E-state index >= 15 is 0 Å². The van der Waals surface area contributed by atoms with Crippen LogP contribution in [-0.2, 0) is 0 Å². The Morgan fingerprint density at radius 1 is 1.33 bits per heavy atom. The number of piperazine rings is 1. The minimum absolute atomic E-state index is 0.226. The SMILES string of the molecule is CC(C)=CCN1CCN(c2cc(C(C)C)nc(C)n2)C[C@H]1CCO. The van der Waals surface area contributed by atoms with Crippen molar-refractivity contribution in [1.29, 1.82) is 0 Å². The molecule has 1 aromatic heterocycles. The van der Waals surface area contributed by atoms with E-state index in [2.05, 4.69) is 59.6 Å². The lowest BCUT2D eigenvalue weighted by Crippen LogP contribution is -2.53. The van der Waals surface area contributed by atoms with Crippen LogP contribution in [0.2, 0.25) is 0 Å². The van der Waals surface area contributed by atoms with Gasteiger partial charge in [0.15, 0.2) is 0 Å². The Morgan fingerprint density at radius 3 is 2.71 bits per heavy atom. The number of aryl methyl sites for hydroxylation is 1. The summed E-state index contributed by atoms with van der Waals surface area (Å²) in [4.78, 5) is 14.0. The minimum atomic E-state index is 0.226. The van der Waals surface area contributed by atoms with Gasteiger partial charge in [-0.15, -0.1) is 0 Å². The van der Waals surface area contributed by atoms with Gasteiger partial charge < -0.3 is 10.0 Å². The molecule has 1 fully saturated rings. The fourth-order valence-electron chi connectivity index (χ4n) is 3.10. The van der Waals surface area contributed by atoms with Crippen LogP contribution >= 0.6 is 0 Å². The van der Waals surface area contributed by atoms with Crippen molar-refractivity contribution in [3.8, 4) is 0 Å². The van der Waals surface area contributed by atoms with Gasteiger partial charge >= 0.3 is 0 Å². The average molecular weight is 332 g/mol. The summed E-state index contributed by atoms with van der Waals surface area (Å²) < 4.78 is 0.